The van der Waals surface area contributed by atoms with E-state index in [4.69, 9.17) is 0 Å². The molecule has 0 spiro atoms. The second-order valence-electron chi connectivity index (χ2n) is 2.96. The zero-order valence-electron chi connectivity index (χ0n) is 7.06. The molecule has 1 atom stereocenters. The van der Waals surface area contributed by atoms with E-state index in [0.717, 1.165) is 0 Å². The average Bonchev–Trinajstić information content (AvgIpc) is 2.58. The number of carbonyl (C=O) groups is 2. The molecule has 1 fully saturated rings. The summed E-state index contributed by atoms with van der Waals surface area (Å²) in [7, 11) is 1.76. The van der Waals surface area contributed by atoms with Crippen molar-refractivity contribution in [3.05, 3.63) is 18.0 Å². The number of nitrogens with zero attached hydrogens (tertiary/aromatic N) is 2. The van der Waals surface area contributed by atoms with Crippen LogP contribution < -0.4 is 0 Å². The molecule has 2 rings (SSSR count). The van der Waals surface area contributed by atoms with Gasteiger partial charge in [-0.25, -0.2) is 0 Å². The van der Waals surface area contributed by atoms with Crippen molar-refractivity contribution in [3.8, 4) is 0 Å². The maximum atomic E-state index is 11.1. The molecular weight excluding hydrogens is 172 g/mol. The van der Waals surface area contributed by atoms with Gasteiger partial charge in [-0.3, -0.25) is 14.3 Å². The zero-order valence-corrected chi connectivity index (χ0v) is 7.06. The van der Waals surface area contributed by atoms with Crippen molar-refractivity contribution >= 4 is 11.9 Å². The van der Waals surface area contributed by atoms with Crippen LogP contribution in [0.2, 0.25) is 0 Å². The fourth-order valence-electron chi connectivity index (χ4n) is 1.32. The Morgan fingerprint density at radius 2 is 2.38 bits per heavy atom. The fraction of sp³-hybridized carbons (Fsp3) is 0.375. The van der Waals surface area contributed by atoms with E-state index in [-0.39, 0.29) is 6.42 Å². The van der Waals surface area contributed by atoms with E-state index in [1.54, 1.807) is 24.0 Å². The van der Waals surface area contributed by atoms with Crippen LogP contribution in [-0.2, 0) is 21.4 Å². The lowest BCUT2D eigenvalue weighted by Gasteiger charge is -1.97. The smallest absolute Gasteiger partial charge is 0.323 e. The minimum absolute atomic E-state index is 0.107. The van der Waals surface area contributed by atoms with Gasteiger partial charge in [0.15, 0.2) is 0 Å². The maximum absolute atomic E-state index is 11.1. The lowest BCUT2D eigenvalue weighted by Crippen LogP contribution is -2.06. The van der Waals surface area contributed by atoms with Crippen molar-refractivity contribution in [1.29, 1.82) is 0 Å². The average molecular weight is 180 g/mol. The van der Waals surface area contributed by atoms with E-state index in [9.17, 15) is 9.59 Å². The number of ether oxygens (including phenoxy) is 1. The molecule has 2 heterocycles. The molecule has 1 aromatic rings. The SMILES string of the molecule is Cn1ccc(C2CC(=O)OC2=O)n1. The van der Waals surface area contributed by atoms with Crippen LogP contribution in [0.4, 0.5) is 0 Å². The van der Waals surface area contributed by atoms with Crippen LogP contribution in [0.1, 0.15) is 18.0 Å². The van der Waals surface area contributed by atoms with E-state index in [1.807, 2.05) is 0 Å². The van der Waals surface area contributed by atoms with Crippen molar-refractivity contribution in [1.82, 2.24) is 9.78 Å². The first-order chi connectivity index (χ1) is 6.16. The molecule has 1 unspecified atom stereocenters. The first kappa shape index (κ1) is 7.97. The van der Waals surface area contributed by atoms with Gasteiger partial charge in [0.25, 0.3) is 0 Å². The normalized spacial score (nSPS) is 22.1. The van der Waals surface area contributed by atoms with Gasteiger partial charge in [0.2, 0.25) is 0 Å². The number of rotatable bonds is 1. The van der Waals surface area contributed by atoms with E-state index < -0.39 is 17.9 Å². The summed E-state index contributed by atoms with van der Waals surface area (Å²) < 4.78 is 6.00. The third-order valence-corrected chi connectivity index (χ3v) is 1.96. The summed E-state index contributed by atoms with van der Waals surface area (Å²) in [6.07, 6.45) is 1.83. The van der Waals surface area contributed by atoms with Gasteiger partial charge in [0.05, 0.1) is 12.1 Å². The second kappa shape index (κ2) is 2.69. The summed E-state index contributed by atoms with van der Waals surface area (Å²) in [6.45, 7) is 0. The van der Waals surface area contributed by atoms with Gasteiger partial charge >= 0.3 is 11.9 Å². The van der Waals surface area contributed by atoms with Crippen LogP contribution in [-0.4, -0.2) is 21.7 Å². The summed E-state index contributed by atoms with van der Waals surface area (Å²) in [5.74, 6) is -1.47. The summed E-state index contributed by atoms with van der Waals surface area (Å²) in [6, 6.07) is 1.71. The molecule has 0 aliphatic carbocycles. The molecule has 68 valence electrons. The third-order valence-electron chi connectivity index (χ3n) is 1.96. The van der Waals surface area contributed by atoms with Gasteiger partial charge in [-0.05, 0) is 6.07 Å². The first-order valence-electron chi connectivity index (χ1n) is 3.91. The highest BCUT2D eigenvalue weighted by Crippen LogP contribution is 2.25. The molecule has 0 bridgehead atoms. The predicted octanol–water partition coefficient (Wildman–Crippen LogP) is -0.0228. The summed E-state index contributed by atoms with van der Waals surface area (Å²) >= 11 is 0. The van der Waals surface area contributed by atoms with Crippen LogP contribution in [0.3, 0.4) is 0 Å². The van der Waals surface area contributed by atoms with Crippen molar-refractivity contribution in [2.45, 2.75) is 12.3 Å². The molecule has 5 heteroatoms. The van der Waals surface area contributed by atoms with E-state index in [2.05, 4.69) is 9.84 Å². The highest BCUT2D eigenvalue weighted by Gasteiger charge is 2.36. The molecule has 1 aliphatic rings. The number of hydrogen-bond donors (Lipinski definition) is 0. The monoisotopic (exact) mass is 180 g/mol. The summed E-state index contributed by atoms with van der Waals surface area (Å²) in [5.41, 5.74) is 0.596. The number of cyclic esters (lactones) is 2. The van der Waals surface area contributed by atoms with E-state index in [0.29, 0.717) is 5.69 Å². The molecule has 0 N–H and O–H groups in total. The third kappa shape index (κ3) is 1.32. The Balaban J connectivity index is 2.27. The lowest BCUT2D eigenvalue weighted by atomic mass is 10.1. The molecule has 13 heavy (non-hydrogen) atoms. The Hall–Kier alpha value is -1.65. The number of aryl methyl sites for hydroxylation is 1. The predicted molar refractivity (Wildman–Crippen MR) is 41.7 cm³/mol. The minimum Gasteiger partial charge on any atom is -0.393 e. The summed E-state index contributed by atoms with van der Waals surface area (Å²) in [5, 5.41) is 4.04. The quantitative estimate of drug-likeness (QED) is 0.450. The lowest BCUT2D eigenvalue weighted by molar-refractivity contribution is -0.152. The molecule has 1 saturated heterocycles. The van der Waals surface area contributed by atoms with Crippen molar-refractivity contribution in [2.24, 2.45) is 7.05 Å². The van der Waals surface area contributed by atoms with Crippen LogP contribution in [0.5, 0.6) is 0 Å². The first-order valence-corrected chi connectivity index (χ1v) is 3.91. The molecule has 0 amide bonds. The molecule has 5 nitrogen and oxygen atoms in total. The van der Waals surface area contributed by atoms with Crippen LogP contribution >= 0.6 is 0 Å². The number of aromatic nitrogens is 2. The van der Waals surface area contributed by atoms with Crippen LogP contribution in [0.25, 0.3) is 0 Å². The molecule has 0 aromatic carbocycles. The Kier molecular flexibility index (Phi) is 1.65. The van der Waals surface area contributed by atoms with Crippen LogP contribution in [0, 0.1) is 0 Å². The van der Waals surface area contributed by atoms with Gasteiger partial charge < -0.3 is 4.74 Å². The number of hydrogen-bond acceptors (Lipinski definition) is 4. The Morgan fingerprint density at radius 1 is 1.62 bits per heavy atom. The Bertz CT molecular complexity index is 369. The van der Waals surface area contributed by atoms with Gasteiger partial charge in [0, 0.05) is 13.2 Å². The standard InChI is InChI=1S/C8H8N2O3/c1-10-3-2-6(9-10)5-4-7(11)13-8(5)12/h2-3,5H,4H2,1H3. The second-order valence-corrected chi connectivity index (χ2v) is 2.96. The van der Waals surface area contributed by atoms with Crippen molar-refractivity contribution < 1.29 is 14.3 Å². The van der Waals surface area contributed by atoms with Gasteiger partial charge in [-0.1, -0.05) is 0 Å². The molecule has 0 radical (unpaired) electrons. The number of esters is 2. The molecule has 1 aromatic heterocycles. The Labute approximate surface area is 74.3 Å². The minimum atomic E-state index is -0.506. The molecular formula is C8H8N2O3. The maximum Gasteiger partial charge on any atom is 0.323 e. The van der Waals surface area contributed by atoms with Gasteiger partial charge in [-0.15, -0.1) is 0 Å². The topological polar surface area (TPSA) is 61.2 Å². The van der Waals surface area contributed by atoms with Crippen LogP contribution in [0.15, 0.2) is 12.3 Å². The van der Waals surface area contributed by atoms with Crippen molar-refractivity contribution in [3.63, 3.8) is 0 Å². The fourth-order valence-corrected chi connectivity index (χ4v) is 1.32. The highest BCUT2D eigenvalue weighted by atomic mass is 16.6. The molecule has 1 aliphatic heterocycles. The zero-order chi connectivity index (χ0) is 9.42. The van der Waals surface area contributed by atoms with Gasteiger partial charge in [-0.2, -0.15) is 5.10 Å². The van der Waals surface area contributed by atoms with E-state index in [1.165, 1.54) is 0 Å². The Morgan fingerprint density at radius 3 is 2.85 bits per heavy atom. The van der Waals surface area contributed by atoms with Gasteiger partial charge in [0.1, 0.15) is 5.92 Å². The van der Waals surface area contributed by atoms with E-state index >= 15 is 0 Å². The largest absolute Gasteiger partial charge is 0.393 e. The highest BCUT2D eigenvalue weighted by molar-refractivity contribution is 5.97. The van der Waals surface area contributed by atoms with Crippen molar-refractivity contribution in [2.75, 3.05) is 0 Å². The summed E-state index contributed by atoms with van der Waals surface area (Å²) in [4.78, 5) is 21.9. The molecule has 0 saturated carbocycles. The number of carbonyl (C=O) groups excluding carboxylic acids is 2.